The Morgan fingerprint density at radius 2 is 1.69 bits per heavy atom. The lowest BCUT2D eigenvalue weighted by Gasteiger charge is -2.20. The van der Waals surface area contributed by atoms with Gasteiger partial charge in [0.25, 0.3) is 5.56 Å². The maximum absolute atomic E-state index is 14.5. The number of aromatic nitrogens is 1. The molecule has 0 saturated heterocycles. The molecular weight excluding hydrogens is 488 g/mol. The molecule has 0 radical (unpaired) electrons. The molecule has 1 saturated carbocycles. The lowest BCUT2D eigenvalue weighted by Crippen LogP contribution is -2.22. The summed E-state index contributed by atoms with van der Waals surface area (Å²) in [4.78, 5) is 12.5. The first kappa shape index (κ1) is 27.2. The number of ether oxygens (including phenoxy) is 2. The fourth-order valence-electron chi connectivity index (χ4n) is 3.77. The quantitative estimate of drug-likeness (QED) is 0.417. The van der Waals surface area contributed by atoms with E-state index in [4.69, 9.17) is 9.47 Å². The average molecular weight is 520 g/mol. The van der Waals surface area contributed by atoms with E-state index in [9.17, 15) is 17.8 Å². The van der Waals surface area contributed by atoms with Gasteiger partial charge in [-0.25, -0.2) is 13.0 Å². The fraction of sp³-hybridized carbons (Fsp3) is 0.346. The van der Waals surface area contributed by atoms with Crippen molar-refractivity contribution in [2.45, 2.75) is 38.4 Å². The van der Waals surface area contributed by atoms with Crippen molar-refractivity contribution in [2.75, 3.05) is 24.3 Å². The third-order valence-corrected chi connectivity index (χ3v) is 7.29. The van der Waals surface area contributed by atoms with Crippen LogP contribution in [-0.4, -0.2) is 28.2 Å². The Morgan fingerprint density at radius 1 is 1.00 bits per heavy atom. The summed E-state index contributed by atoms with van der Waals surface area (Å²) in [6.45, 7) is 5.77. The van der Waals surface area contributed by atoms with Crippen molar-refractivity contribution >= 4 is 28.2 Å². The van der Waals surface area contributed by atoms with Crippen molar-refractivity contribution in [1.82, 2.24) is 4.57 Å². The topological polar surface area (TPSA) is 81.6 Å². The number of benzene rings is 2. The Bertz CT molecular complexity index is 1330. The van der Waals surface area contributed by atoms with Gasteiger partial charge in [0.2, 0.25) is 0 Å². The van der Waals surface area contributed by atoms with Crippen LogP contribution in [0.15, 0.2) is 47.3 Å². The van der Waals surface area contributed by atoms with Crippen LogP contribution >= 0.6 is 0 Å². The molecule has 10 heteroatoms. The molecule has 3 atom stereocenters. The zero-order valence-corrected chi connectivity index (χ0v) is 22.0. The molecule has 0 aliphatic heterocycles. The van der Waals surface area contributed by atoms with E-state index in [-0.39, 0.29) is 45.4 Å². The maximum Gasteiger partial charge on any atom is 0.255 e. The average Bonchev–Trinajstić information content (AvgIpc) is 3.67. The van der Waals surface area contributed by atoms with Gasteiger partial charge in [-0.15, -0.1) is 0 Å². The van der Waals surface area contributed by atoms with Gasteiger partial charge in [0.1, 0.15) is 28.3 Å². The zero-order chi connectivity index (χ0) is 26.6. The third-order valence-electron chi connectivity index (χ3n) is 5.81. The molecule has 1 heterocycles. The number of nitrogens with one attached hydrogen (secondary N) is 2. The van der Waals surface area contributed by atoms with Crippen molar-refractivity contribution in [3.8, 4) is 11.5 Å². The van der Waals surface area contributed by atoms with Gasteiger partial charge < -0.3 is 14.8 Å². The van der Waals surface area contributed by atoms with E-state index in [0.29, 0.717) is 6.42 Å². The highest BCUT2D eigenvalue weighted by molar-refractivity contribution is 7.87. The number of aryl methyl sites for hydroxylation is 1. The SMILES string of the molecule is CC.COc1cc(C2CC2S(=O)Nc2c(OC)cc(=O)n(C)c2Nc2ccc(C)cc2F)ccc1F. The lowest BCUT2D eigenvalue weighted by atomic mass is 10.1. The monoisotopic (exact) mass is 519 g/mol. The van der Waals surface area contributed by atoms with Crippen LogP contribution in [0.4, 0.5) is 26.0 Å². The van der Waals surface area contributed by atoms with Crippen LogP contribution in [0.5, 0.6) is 11.5 Å². The molecule has 7 nitrogen and oxygen atoms in total. The van der Waals surface area contributed by atoms with Crippen LogP contribution in [-0.2, 0) is 18.0 Å². The van der Waals surface area contributed by atoms with Gasteiger partial charge in [-0.05, 0) is 48.7 Å². The molecule has 2 N–H and O–H groups in total. The first-order chi connectivity index (χ1) is 17.2. The predicted octanol–water partition coefficient (Wildman–Crippen LogP) is 5.39. The molecule has 1 aromatic heterocycles. The van der Waals surface area contributed by atoms with E-state index in [1.165, 1.54) is 44.0 Å². The summed E-state index contributed by atoms with van der Waals surface area (Å²) < 4.78 is 56.1. The van der Waals surface area contributed by atoms with E-state index >= 15 is 0 Å². The summed E-state index contributed by atoms with van der Waals surface area (Å²) in [7, 11) is 2.73. The Hall–Kier alpha value is -3.40. The van der Waals surface area contributed by atoms with Crippen molar-refractivity contribution in [3.05, 3.63) is 75.6 Å². The Kier molecular flexibility index (Phi) is 8.73. The molecule has 2 aromatic carbocycles. The second kappa shape index (κ2) is 11.6. The first-order valence-corrected chi connectivity index (χ1v) is 12.8. The number of methoxy groups -OCH3 is 2. The molecule has 4 rings (SSSR count). The van der Waals surface area contributed by atoms with Gasteiger partial charge in [-0.3, -0.25) is 14.1 Å². The maximum atomic E-state index is 14.5. The van der Waals surface area contributed by atoms with Crippen LogP contribution in [0.2, 0.25) is 0 Å². The Morgan fingerprint density at radius 3 is 2.33 bits per heavy atom. The highest BCUT2D eigenvalue weighted by Gasteiger charge is 2.44. The van der Waals surface area contributed by atoms with Gasteiger partial charge in [-0.2, -0.15) is 0 Å². The van der Waals surface area contributed by atoms with Gasteiger partial charge in [0, 0.05) is 19.0 Å². The minimum Gasteiger partial charge on any atom is -0.494 e. The molecule has 194 valence electrons. The summed E-state index contributed by atoms with van der Waals surface area (Å²) in [6.07, 6.45) is 0.623. The zero-order valence-electron chi connectivity index (χ0n) is 21.1. The molecule has 1 aliphatic carbocycles. The van der Waals surface area contributed by atoms with Crippen LogP contribution in [0.1, 0.15) is 37.3 Å². The second-order valence-corrected chi connectivity index (χ2v) is 9.52. The van der Waals surface area contributed by atoms with E-state index in [1.54, 1.807) is 31.2 Å². The summed E-state index contributed by atoms with van der Waals surface area (Å²) >= 11 is 0. The number of anilines is 3. The predicted molar refractivity (Wildman–Crippen MR) is 140 cm³/mol. The van der Waals surface area contributed by atoms with Crippen molar-refractivity contribution in [3.63, 3.8) is 0 Å². The van der Waals surface area contributed by atoms with Gasteiger partial charge in [-0.1, -0.05) is 26.0 Å². The van der Waals surface area contributed by atoms with Crippen molar-refractivity contribution in [1.29, 1.82) is 0 Å². The Balaban J connectivity index is 0.00000176. The molecule has 1 aliphatic rings. The van der Waals surface area contributed by atoms with E-state index in [2.05, 4.69) is 10.0 Å². The summed E-state index contributed by atoms with van der Waals surface area (Å²) in [5.41, 5.74) is 1.62. The minimum absolute atomic E-state index is 0.0488. The van der Waals surface area contributed by atoms with E-state index < -0.39 is 22.6 Å². The lowest BCUT2D eigenvalue weighted by molar-refractivity contribution is 0.386. The number of hydrogen-bond acceptors (Lipinski definition) is 5. The summed E-state index contributed by atoms with van der Waals surface area (Å²) in [5, 5.41) is 2.68. The molecule has 0 bridgehead atoms. The van der Waals surface area contributed by atoms with Crippen LogP contribution in [0, 0.1) is 18.6 Å². The van der Waals surface area contributed by atoms with Crippen LogP contribution in [0.3, 0.4) is 0 Å². The number of pyridine rings is 1. The van der Waals surface area contributed by atoms with Crippen LogP contribution in [0.25, 0.3) is 0 Å². The van der Waals surface area contributed by atoms with Crippen LogP contribution < -0.4 is 25.1 Å². The smallest absolute Gasteiger partial charge is 0.255 e. The summed E-state index contributed by atoms with van der Waals surface area (Å²) in [6, 6.07) is 10.5. The normalized spacial score (nSPS) is 16.9. The van der Waals surface area contributed by atoms with E-state index in [0.717, 1.165) is 11.1 Å². The van der Waals surface area contributed by atoms with Crippen molar-refractivity contribution < 1.29 is 22.5 Å². The number of rotatable bonds is 8. The molecule has 0 amide bonds. The highest BCUT2D eigenvalue weighted by atomic mass is 32.2. The molecular formula is C26H31F2N3O4S. The molecule has 36 heavy (non-hydrogen) atoms. The van der Waals surface area contributed by atoms with Gasteiger partial charge in [0.05, 0.1) is 25.2 Å². The standard InChI is InChI=1S/C24H25F2N3O4S.C2H6/c1-13-5-8-18(17(26)9-13)27-24-23(20(33-4)12-22(30)29(24)2)28-34(31)21-11-15(21)14-6-7-16(25)19(10-14)32-3;1-2/h5-10,12,15,21,27-28H,11H2,1-4H3;1-2H3. The second-order valence-electron chi connectivity index (χ2n) is 8.12. The molecule has 3 aromatic rings. The number of hydrogen-bond donors (Lipinski definition) is 2. The third kappa shape index (κ3) is 5.70. The van der Waals surface area contributed by atoms with Crippen molar-refractivity contribution in [2.24, 2.45) is 7.05 Å². The highest BCUT2D eigenvalue weighted by Crippen LogP contribution is 2.47. The molecule has 1 fully saturated rings. The van der Waals surface area contributed by atoms with Gasteiger partial charge in [0.15, 0.2) is 17.3 Å². The minimum atomic E-state index is -1.57. The first-order valence-electron chi connectivity index (χ1n) is 11.5. The summed E-state index contributed by atoms with van der Waals surface area (Å²) in [5.74, 6) is -0.486. The number of halogens is 2. The molecule has 3 unspecified atom stereocenters. The largest absolute Gasteiger partial charge is 0.494 e. The Labute approximate surface area is 212 Å². The fourth-order valence-corrected chi connectivity index (χ4v) is 5.16. The van der Waals surface area contributed by atoms with E-state index in [1.807, 2.05) is 13.8 Å². The van der Waals surface area contributed by atoms with Gasteiger partial charge >= 0.3 is 0 Å². The number of nitrogens with zero attached hydrogens (tertiary/aromatic N) is 1. The molecule has 0 spiro atoms.